The first-order valence-electron chi connectivity index (χ1n) is 7.76. The second kappa shape index (κ2) is 8.31. The molecule has 0 aromatic heterocycles. The fraction of sp³-hybridized carbons (Fsp3) is 0.471. The minimum absolute atomic E-state index is 0.0548. The Labute approximate surface area is 135 Å². The van der Waals surface area contributed by atoms with Gasteiger partial charge in [0.25, 0.3) is 0 Å². The molecule has 1 aromatic rings. The van der Waals surface area contributed by atoms with E-state index in [1.54, 1.807) is 4.90 Å². The molecule has 0 saturated carbocycles. The van der Waals surface area contributed by atoms with Crippen LogP contribution in [0, 0.1) is 0 Å². The zero-order valence-electron chi connectivity index (χ0n) is 13.3. The number of esters is 1. The van der Waals surface area contributed by atoms with Crippen molar-refractivity contribution in [3.63, 3.8) is 0 Å². The highest BCUT2D eigenvalue weighted by molar-refractivity contribution is 5.84. The number of hydrogen-bond acceptors (Lipinski definition) is 4. The van der Waals surface area contributed by atoms with Crippen LogP contribution in [0.4, 0.5) is 0 Å². The van der Waals surface area contributed by atoms with Gasteiger partial charge in [-0.3, -0.25) is 14.4 Å². The van der Waals surface area contributed by atoms with Crippen LogP contribution in [0.1, 0.15) is 24.8 Å². The summed E-state index contributed by atoms with van der Waals surface area (Å²) in [5.41, 5.74) is 1.19. The van der Waals surface area contributed by atoms with Crippen molar-refractivity contribution in [1.82, 2.24) is 10.2 Å². The second-order valence-electron chi connectivity index (χ2n) is 5.62. The van der Waals surface area contributed by atoms with Gasteiger partial charge in [-0.05, 0) is 12.0 Å². The molecule has 124 valence electrons. The molecule has 1 unspecified atom stereocenters. The van der Waals surface area contributed by atoms with Gasteiger partial charge in [-0.2, -0.15) is 0 Å². The summed E-state index contributed by atoms with van der Waals surface area (Å²) in [6.07, 6.45) is 1.26. The number of benzene rings is 1. The van der Waals surface area contributed by atoms with Gasteiger partial charge in [0.05, 0.1) is 19.6 Å². The Morgan fingerprint density at radius 2 is 2.00 bits per heavy atom. The summed E-state index contributed by atoms with van der Waals surface area (Å²) in [5, 5.41) is 2.81. The van der Waals surface area contributed by atoms with E-state index in [0.29, 0.717) is 19.5 Å². The van der Waals surface area contributed by atoms with E-state index in [1.165, 1.54) is 12.7 Å². The number of methoxy groups -OCH3 is 1. The molecule has 1 fully saturated rings. The van der Waals surface area contributed by atoms with E-state index in [1.807, 2.05) is 30.3 Å². The number of carbonyl (C=O) groups excluding carboxylic acids is 3. The first-order chi connectivity index (χ1) is 11.1. The van der Waals surface area contributed by atoms with Crippen molar-refractivity contribution in [1.29, 1.82) is 0 Å². The molecular weight excluding hydrogens is 296 g/mol. The molecule has 2 amide bonds. The molecule has 1 aromatic carbocycles. The van der Waals surface area contributed by atoms with Crippen LogP contribution in [-0.2, 0) is 25.5 Å². The van der Waals surface area contributed by atoms with Crippen LogP contribution in [0.3, 0.4) is 0 Å². The molecule has 6 heteroatoms. The number of ether oxygens (including phenoxy) is 1. The number of amides is 2. The summed E-state index contributed by atoms with van der Waals surface area (Å²) < 4.78 is 4.50. The molecule has 6 nitrogen and oxygen atoms in total. The maximum absolute atomic E-state index is 12.0. The molecule has 1 saturated heterocycles. The highest BCUT2D eigenvalue weighted by Crippen LogP contribution is 2.13. The Bertz CT molecular complexity index is 559. The summed E-state index contributed by atoms with van der Waals surface area (Å²) >= 11 is 0. The molecule has 0 radical (unpaired) electrons. The lowest BCUT2D eigenvalue weighted by molar-refractivity contribution is -0.142. The standard InChI is InChI=1S/C17H22N2O4/c1-23-17(22)8-7-15(20)18-14-11-16(21)19(12-14)10-9-13-5-3-2-4-6-13/h2-6,14H,7-12H2,1H3,(H,18,20). The Hall–Kier alpha value is -2.37. The highest BCUT2D eigenvalue weighted by atomic mass is 16.5. The zero-order valence-corrected chi connectivity index (χ0v) is 13.3. The predicted molar refractivity (Wildman–Crippen MR) is 84.5 cm³/mol. The second-order valence-corrected chi connectivity index (χ2v) is 5.62. The third-order valence-electron chi connectivity index (χ3n) is 3.88. The summed E-state index contributed by atoms with van der Waals surface area (Å²) in [6, 6.07) is 9.81. The molecule has 1 atom stereocenters. The highest BCUT2D eigenvalue weighted by Gasteiger charge is 2.30. The third-order valence-corrected chi connectivity index (χ3v) is 3.88. The van der Waals surface area contributed by atoms with E-state index in [2.05, 4.69) is 10.1 Å². The maximum atomic E-state index is 12.0. The van der Waals surface area contributed by atoms with Gasteiger partial charge in [-0.25, -0.2) is 0 Å². The molecular formula is C17H22N2O4. The topological polar surface area (TPSA) is 75.7 Å². The quantitative estimate of drug-likeness (QED) is 0.758. The molecule has 1 N–H and O–H groups in total. The SMILES string of the molecule is COC(=O)CCC(=O)NC1CC(=O)N(CCc2ccccc2)C1. The van der Waals surface area contributed by atoms with Crippen LogP contribution in [-0.4, -0.2) is 48.9 Å². The maximum Gasteiger partial charge on any atom is 0.306 e. The van der Waals surface area contributed by atoms with E-state index in [0.717, 1.165) is 6.42 Å². The van der Waals surface area contributed by atoms with Gasteiger partial charge >= 0.3 is 5.97 Å². The number of nitrogens with one attached hydrogen (secondary N) is 1. The van der Waals surface area contributed by atoms with Crippen LogP contribution >= 0.6 is 0 Å². The van der Waals surface area contributed by atoms with Crippen molar-refractivity contribution < 1.29 is 19.1 Å². The van der Waals surface area contributed by atoms with Crippen molar-refractivity contribution >= 4 is 17.8 Å². The van der Waals surface area contributed by atoms with Crippen molar-refractivity contribution in [2.45, 2.75) is 31.7 Å². The first kappa shape index (κ1) is 17.0. The monoisotopic (exact) mass is 318 g/mol. The molecule has 2 rings (SSSR count). The summed E-state index contributed by atoms with van der Waals surface area (Å²) in [6.45, 7) is 1.17. The van der Waals surface area contributed by atoms with Gasteiger partial charge < -0.3 is 15.0 Å². The normalized spacial score (nSPS) is 17.2. The van der Waals surface area contributed by atoms with Gasteiger partial charge in [-0.15, -0.1) is 0 Å². The molecule has 1 aliphatic heterocycles. The summed E-state index contributed by atoms with van der Waals surface area (Å²) in [7, 11) is 1.29. The number of carbonyl (C=O) groups is 3. The number of likely N-dealkylation sites (tertiary alicyclic amines) is 1. The zero-order chi connectivity index (χ0) is 16.7. The van der Waals surface area contributed by atoms with Gasteiger partial charge in [0.2, 0.25) is 11.8 Å². The first-order valence-corrected chi connectivity index (χ1v) is 7.76. The molecule has 0 spiro atoms. The van der Waals surface area contributed by atoms with E-state index in [-0.39, 0.29) is 30.7 Å². The average molecular weight is 318 g/mol. The molecule has 1 heterocycles. The number of rotatable bonds is 7. The van der Waals surface area contributed by atoms with Crippen molar-refractivity contribution in [2.75, 3.05) is 20.2 Å². The third kappa shape index (κ3) is 5.39. The van der Waals surface area contributed by atoms with Crippen molar-refractivity contribution in [2.24, 2.45) is 0 Å². The Morgan fingerprint density at radius 3 is 2.70 bits per heavy atom. The Balaban J connectivity index is 1.74. The van der Waals surface area contributed by atoms with E-state index in [4.69, 9.17) is 0 Å². The van der Waals surface area contributed by atoms with E-state index < -0.39 is 5.97 Å². The lowest BCUT2D eigenvalue weighted by Gasteiger charge is -2.17. The average Bonchev–Trinajstić information content (AvgIpc) is 2.91. The van der Waals surface area contributed by atoms with Gasteiger partial charge in [0.1, 0.15) is 0 Å². The van der Waals surface area contributed by atoms with E-state index >= 15 is 0 Å². The number of nitrogens with zero attached hydrogens (tertiary/aromatic N) is 1. The molecule has 23 heavy (non-hydrogen) atoms. The molecule has 0 aliphatic carbocycles. The molecule has 1 aliphatic rings. The lowest BCUT2D eigenvalue weighted by atomic mass is 10.1. The van der Waals surface area contributed by atoms with Crippen LogP contribution in [0.2, 0.25) is 0 Å². The fourth-order valence-electron chi connectivity index (χ4n) is 2.61. The minimum Gasteiger partial charge on any atom is -0.469 e. The predicted octanol–water partition coefficient (Wildman–Crippen LogP) is 0.899. The largest absolute Gasteiger partial charge is 0.469 e. The van der Waals surface area contributed by atoms with Crippen LogP contribution < -0.4 is 5.32 Å². The van der Waals surface area contributed by atoms with E-state index in [9.17, 15) is 14.4 Å². The van der Waals surface area contributed by atoms with Crippen LogP contribution in [0.25, 0.3) is 0 Å². The summed E-state index contributed by atoms with van der Waals surface area (Å²) in [5.74, 6) is -0.579. The number of hydrogen-bond donors (Lipinski definition) is 1. The van der Waals surface area contributed by atoms with Gasteiger partial charge in [0, 0.05) is 25.9 Å². The Morgan fingerprint density at radius 1 is 1.26 bits per heavy atom. The van der Waals surface area contributed by atoms with Gasteiger partial charge in [0.15, 0.2) is 0 Å². The molecule has 0 bridgehead atoms. The van der Waals surface area contributed by atoms with Crippen molar-refractivity contribution in [3.05, 3.63) is 35.9 Å². The smallest absolute Gasteiger partial charge is 0.306 e. The van der Waals surface area contributed by atoms with Gasteiger partial charge in [-0.1, -0.05) is 30.3 Å². The summed E-state index contributed by atoms with van der Waals surface area (Å²) in [4.78, 5) is 36.6. The minimum atomic E-state index is -0.410. The van der Waals surface area contributed by atoms with Crippen molar-refractivity contribution in [3.8, 4) is 0 Å². The van der Waals surface area contributed by atoms with Crippen LogP contribution in [0.15, 0.2) is 30.3 Å². The fourth-order valence-corrected chi connectivity index (χ4v) is 2.61. The Kier molecular flexibility index (Phi) is 6.14. The van der Waals surface area contributed by atoms with Crippen LogP contribution in [0.5, 0.6) is 0 Å². The lowest BCUT2D eigenvalue weighted by Crippen LogP contribution is -2.37.